The fourth-order valence-corrected chi connectivity index (χ4v) is 3.25. The van der Waals surface area contributed by atoms with Crippen LogP contribution in [0.5, 0.6) is 5.75 Å². The standard InChI is InChI=1S/C17H24ClN5O3/c1-10(2)15-21-17(26-22-15)23-6-5-13(14(9-23)24-4)11(3)25-12-7-19-16(18)20-8-12/h7-8,10-11,13-14H,5-6,9H2,1-4H3/t11-,13-,14-/m0/s1. The van der Waals surface area contributed by atoms with Crippen molar-refractivity contribution < 1.29 is 14.0 Å². The average Bonchev–Trinajstić information content (AvgIpc) is 3.13. The van der Waals surface area contributed by atoms with Crippen molar-refractivity contribution in [1.82, 2.24) is 20.1 Å². The first kappa shape index (κ1) is 18.8. The molecule has 9 heteroatoms. The van der Waals surface area contributed by atoms with Crippen LogP contribution in [0.3, 0.4) is 0 Å². The normalized spacial score (nSPS) is 21.8. The van der Waals surface area contributed by atoms with Gasteiger partial charge in [0.05, 0.1) is 18.5 Å². The van der Waals surface area contributed by atoms with Crippen LogP contribution in [0.2, 0.25) is 5.28 Å². The van der Waals surface area contributed by atoms with Gasteiger partial charge in [-0.15, -0.1) is 0 Å². The van der Waals surface area contributed by atoms with Gasteiger partial charge in [-0.2, -0.15) is 4.98 Å². The molecule has 1 fully saturated rings. The Labute approximate surface area is 157 Å². The SMILES string of the molecule is CO[C@H]1CN(c2nc(C(C)C)no2)CC[C@H]1[C@H](C)Oc1cnc(Cl)nc1. The number of hydrogen-bond donors (Lipinski definition) is 0. The van der Waals surface area contributed by atoms with Crippen molar-refractivity contribution in [2.24, 2.45) is 5.92 Å². The first-order chi connectivity index (χ1) is 12.5. The number of methoxy groups -OCH3 is 1. The van der Waals surface area contributed by atoms with Crippen molar-refractivity contribution >= 4 is 17.6 Å². The number of anilines is 1. The Morgan fingerprint density at radius 2 is 2.00 bits per heavy atom. The van der Waals surface area contributed by atoms with Crippen molar-refractivity contribution in [3.05, 3.63) is 23.5 Å². The largest absolute Gasteiger partial charge is 0.487 e. The molecule has 1 aliphatic heterocycles. The summed E-state index contributed by atoms with van der Waals surface area (Å²) >= 11 is 5.71. The van der Waals surface area contributed by atoms with E-state index in [9.17, 15) is 0 Å². The minimum absolute atomic E-state index is 0.0126. The molecule has 2 aromatic rings. The molecule has 0 N–H and O–H groups in total. The zero-order chi connectivity index (χ0) is 18.7. The van der Waals surface area contributed by atoms with E-state index in [1.165, 1.54) is 0 Å². The molecule has 0 aromatic carbocycles. The lowest BCUT2D eigenvalue weighted by molar-refractivity contribution is -0.00805. The van der Waals surface area contributed by atoms with Gasteiger partial charge in [-0.25, -0.2) is 9.97 Å². The Hall–Kier alpha value is -1.93. The molecule has 26 heavy (non-hydrogen) atoms. The summed E-state index contributed by atoms with van der Waals surface area (Å²) in [5.41, 5.74) is 0. The quantitative estimate of drug-likeness (QED) is 0.706. The minimum atomic E-state index is -0.0548. The van der Waals surface area contributed by atoms with Gasteiger partial charge in [0, 0.05) is 32.0 Å². The maximum absolute atomic E-state index is 5.98. The minimum Gasteiger partial charge on any atom is -0.487 e. The third-order valence-corrected chi connectivity index (χ3v) is 4.85. The average molecular weight is 382 g/mol. The first-order valence-corrected chi connectivity index (χ1v) is 9.11. The summed E-state index contributed by atoms with van der Waals surface area (Å²) in [7, 11) is 1.71. The van der Waals surface area contributed by atoms with Crippen LogP contribution in [0.15, 0.2) is 16.9 Å². The van der Waals surface area contributed by atoms with Crippen LogP contribution in [0.4, 0.5) is 6.01 Å². The summed E-state index contributed by atoms with van der Waals surface area (Å²) in [6.45, 7) is 7.59. The van der Waals surface area contributed by atoms with Crippen molar-refractivity contribution in [2.45, 2.75) is 45.3 Å². The zero-order valence-corrected chi connectivity index (χ0v) is 16.2. The van der Waals surface area contributed by atoms with Crippen LogP contribution in [0, 0.1) is 5.92 Å². The molecule has 0 aliphatic carbocycles. The van der Waals surface area contributed by atoms with Gasteiger partial charge in [0.2, 0.25) is 5.28 Å². The Balaban J connectivity index is 1.64. The molecule has 8 nitrogen and oxygen atoms in total. The lowest BCUT2D eigenvalue weighted by Gasteiger charge is -2.39. The van der Waals surface area contributed by atoms with Crippen LogP contribution in [0.25, 0.3) is 0 Å². The fraction of sp³-hybridized carbons (Fsp3) is 0.647. The Morgan fingerprint density at radius 3 is 2.62 bits per heavy atom. The smallest absolute Gasteiger partial charge is 0.324 e. The molecule has 0 bridgehead atoms. The molecule has 3 rings (SSSR count). The third-order valence-electron chi connectivity index (χ3n) is 4.65. The maximum Gasteiger partial charge on any atom is 0.324 e. The van der Waals surface area contributed by atoms with Crippen LogP contribution in [-0.2, 0) is 4.74 Å². The van der Waals surface area contributed by atoms with Crippen molar-refractivity contribution in [3.8, 4) is 5.75 Å². The number of aromatic nitrogens is 4. The van der Waals surface area contributed by atoms with E-state index in [1.807, 2.05) is 20.8 Å². The van der Waals surface area contributed by atoms with E-state index >= 15 is 0 Å². The van der Waals surface area contributed by atoms with Gasteiger partial charge >= 0.3 is 6.01 Å². The summed E-state index contributed by atoms with van der Waals surface area (Å²) in [5.74, 6) is 1.77. The molecule has 142 valence electrons. The van der Waals surface area contributed by atoms with Crippen LogP contribution >= 0.6 is 11.6 Å². The highest BCUT2D eigenvalue weighted by Crippen LogP contribution is 2.29. The van der Waals surface area contributed by atoms with Crippen molar-refractivity contribution in [2.75, 3.05) is 25.1 Å². The molecule has 1 saturated heterocycles. The number of piperidine rings is 1. The summed E-state index contributed by atoms with van der Waals surface area (Å²) in [5, 5.41) is 4.24. The summed E-state index contributed by atoms with van der Waals surface area (Å²) in [6.07, 6.45) is 3.97. The molecular formula is C17H24ClN5O3. The zero-order valence-electron chi connectivity index (χ0n) is 15.4. The Bertz CT molecular complexity index is 709. The predicted molar refractivity (Wildman–Crippen MR) is 96.6 cm³/mol. The van der Waals surface area contributed by atoms with Crippen molar-refractivity contribution in [1.29, 1.82) is 0 Å². The fourth-order valence-electron chi connectivity index (χ4n) is 3.15. The number of hydrogen-bond acceptors (Lipinski definition) is 8. The monoisotopic (exact) mass is 381 g/mol. The van der Waals surface area contributed by atoms with E-state index in [-0.39, 0.29) is 29.3 Å². The molecule has 3 heterocycles. The van der Waals surface area contributed by atoms with Gasteiger partial charge in [-0.05, 0) is 24.9 Å². The van der Waals surface area contributed by atoms with Gasteiger partial charge in [-0.1, -0.05) is 19.0 Å². The predicted octanol–water partition coefficient (Wildman–Crippen LogP) is 2.95. The van der Waals surface area contributed by atoms with Crippen LogP contribution in [0.1, 0.15) is 38.9 Å². The maximum atomic E-state index is 5.98. The molecule has 0 radical (unpaired) electrons. The second kappa shape index (κ2) is 8.18. The van der Waals surface area contributed by atoms with Crippen LogP contribution < -0.4 is 9.64 Å². The topological polar surface area (TPSA) is 86.4 Å². The van der Waals surface area contributed by atoms with E-state index in [4.69, 9.17) is 25.6 Å². The van der Waals surface area contributed by atoms with Gasteiger partial charge in [0.25, 0.3) is 0 Å². The molecule has 0 spiro atoms. The third kappa shape index (κ3) is 4.24. The highest BCUT2D eigenvalue weighted by molar-refractivity contribution is 6.28. The summed E-state index contributed by atoms with van der Waals surface area (Å²) < 4.78 is 17.1. The molecule has 0 unspecified atom stereocenters. The molecule has 0 amide bonds. The van der Waals surface area contributed by atoms with Gasteiger partial charge in [0.1, 0.15) is 6.10 Å². The van der Waals surface area contributed by atoms with E-state index < -0.39 is 0 Å². The highest BCUT2D eigenvalue weighted by atomic mass is 35.5. The molecule has 1 aliphatic rings. The molecule has 2 aromatic heterocycles. The molecular weight excluding hydrogens is 358 g/mol. The number of halogens is 1. The first-order valence-electron chi connectivity index (χ1n) is 8.73. The van der Waals surface area contributed by atoms with Gasteiger partial charge < -0.3 is 18.9 Å². The van der Waals surface area contributed by atoms with Crippen LogP contribution in [-0.4, -0.2) is 52.5 Å². The summed E-state index contributed by atoms with van der Waals surface area (Å²) in [6, 6.07) is 0.550. The number of nitrogens with zero attached hydrogens (tertiary/aromatic N) is 5. The second-order valence-corrected chi connectivity index (χ2v) is 7.11. The van der Waals surface area contributed by atoms with Crippen molar-refractivity contribution in [3.63, 3.8) is 0 Å². The highest BCUT2D eigenvalue weighted by Gasteiger charge is 2.36. The molecule has 0 saturated carbocycles. The van der Waals surface area contributed by atoms with E-state index in [1.54, 1.807) is 19.5 Å². The Morgan fingerprint density at radius 1 is 1.27 bits per heavy atom. The van der Waals surface area contributed by atoms with E-state index in [2.05, 4.69) is 25.0 Å². The lowest BCUT2D eigenvalue weighted by Crippen LogP contribution is -2.49. The van der Waals surface area contributed by atoms with E-state index in [0.29, 0.717) is 18.3 Å². The molecule has 3 atom stereocenters. The summed E-state index contributed by atoms with van der Waals surface area (Å²) in [4.78, 5) is 14.4. The number of rotatable bonds is 6. The van der Waals surface area contributed by atoms with E-state index in [0.717, 1.165) is 18.8 Å². The Kier molecular flexibility index (Phi) is 5.93. The second-order valence-electron chi connectivity index (χ2n) is 6.77. The lowest BCUT2D eigenvalue weighted by atomic mass is 9.89. The van der Waals surface area contributed by atoms with Gasteiger partial charge in [0.15, 0.2) is 11.6 Å². The number of ether oxygens (including phenoxy) is 2. The van der Waals surface area contributed by atoms with Gasteiger partial charge in [-0.3, -0.25) is 0 Å².